The zero-order chi connectivity index (χ0) is 35.4. The van der Waals surface area contributed by atoms with Gasteiger partial charge in [-0.2, -0.15) is 0 Å². The van der Waals surface area contributed by atoms with Crippen molar-refractivity contribution in [3.8, 4) is 57.3 Å². The summed E-state index contributed by atoms with van der Waals surface area (Å²) >= 11 is 0. The second kappa shape index (κ2) is 15.1. The highest BCUT2D eigenvalue weighted by molar-refractivity contribution is 5.86. The summed E-state index contributed by atoms with van der Waals surface area (Å²) in [7, 11) is 4.15. The predicted octanol–water partition coefficient (Wildman–Crippen LogP) is 0.894. The molecule has 0 saturated carbocycles. The number of aliphatic hydroxyl groups excluding tert-OH is 5. The first kappa shape index (κ1) is 35.3. The number of rotatable bonds is 13. The molecular weight excluding hydrogens is 652 g/mol. The van der Waals surface area contributed by atoms with Crippen LogP contribution < -0.4 is 33.8 Å². The normalized spacial score (nSPS) is 21.2. The summed E-state index contributed by atoms with van der Waals surface area (Å²) in [5.41, 5.74) is -0.416. The van der Waals surface area contributed by atoms with E-state index in [1.807, 2.05) is 0 Å². The van der Waals surface area contributed by atoms with Gasteiger partial charge in [0.15, 0.2) is 28.4 Å². The van der Waals surface area contributed by atoms with Crippen molar-refractivity contribution < 1.29 is 73.3 Å². The Kier molecular flexibility index (Phi) is 10.9. The van der Waals surface area contributed by atoms with Crippen molar-refractivity contribution in [2.45, 2.75) is 36.8 Å². The van der Waals surface area contributed by atoms with Crippen molar-refractivity contribution >= 4 is 11.0 Å². The molecule has 2 heterocycles. The van der Waals surface area contributed by atoms with Crippen molar-refractivity contribution in [2.75, 3.05) is 41.2 Å². The number of phenols is 2. The molecule has 1 aliphatic rings. The Bertz CT molecular complexity index is 1800. The Morgan fingerprint density at radius 2 is 1.45 bits per heavy atom. The SMILES string of the molecule is COc1cc(OC[C@@H](O)COc2c(OC)cc(-c3cc(=O)c4c(O)cc(OC5O[C@H](CO)[C@@H](O)[C@H](O)[C@H]5O)cc4o3)cc2OC)ccc1O. The molecule has 3 aromatic carbocycles. The highest BCUT2D eigenvalue weighted by Crippen LogP contribution is 2.42. The van der Waals surface area contributed by atoms with E-state index >= 15 is 0 Å². The lowest BCUT2D eigenvalue weighted by Gasteiger charge is -2.39. The standard InChI is InChI=1S/C33H36O16/c1-42-23-9-17(4-5-19(23)36)45-13-16(35)14-46-32-25(43-2)6-15(7-26(32)44-3)22-11-21(38)28-20(37)8-18(10-24(28)48-22)47-33-31(41)30(40)29(39)27(12-34)49-33/h4-11,16,27,29-31,33-37,39-41H,12-14H2,1-3H3/t16-,27-,29-,30+,31-,33?/m1/s1. The molecule has 0 bridgehead atoms. The topological polar surface area (TPSA) is 236 Å². The van der Waals surface area contributed by atoms with Gasteiger partial charge in [0.2, 0.25) is 12.0 Å². The van der Waals surface area contributed by atoms with Crippen LogP contribution in [0.15, 0.2) is 57.7 Å². The molecule has 7 N–H and O–H groups in total. The number of aliphatic hydroxyl groups is 5. The molecule has 16 nitrogen and oxygen atoms in total. The molecule has 264 valence electrons. The molecule has 1 saturated heterocycles. The Balaban J connectivity index is 1.37. The highest BCUT2D eigenvalue weighted by Gasteiger charge is 2.44. The van der Waals surface area contributed by atoms with E-state index in [0.29, 0.717) is 11.3 Å². The van der Waals surface area contributed by atoms with Crippen LogP contribution in [0.25, 0.3) is 22.3 Å². The quantitative estimate of drug-likeness (QED) is 0.103. The summed E-state index contributed by atoms with van der Waals surface area (Å²) in [6.07, 6.45) is -8.89. The third-order valence-corrected chi connectivity index (χ3v) is 7.64. The minimum Gasteiger partial charge on any atom is -0.507 e. The molecule has 16 heteroatoms. The van der Waals surface area contributed by atoms with Crippen molar-refractivity contribution in [2.24, 2.45) is 0 Å². The molecule has 6 atom stereocenters. The molecule has 0 radical (unpaired) electrons. The average molecular weight is 689 g/mol. The fourth-order valence-corrected chi connectivity index (χ4v) is 5.08. The largest absolute Gasteiger partial charge is 0.507 e. The van der Waals surface area contributed by atoms with Crippen LogP contribution in [0, 0.1) is 0 Å². The minimum absolute atomic E-state index is 0.0304. The van der Waals surface area contributed by atoms with E-state index in [0.717, 1.165) is 12.1 Å². The van der Waals surface area contributed by atoms with Crippen LogP contribution in [0.3, 0.4) is 0 Å². The molecule has 1 fully saturated rings. The van der Waals surface area contributed by atoms with Crippen molar-refractivity contribution in [1.82, 2.24) is 0 Å². The Morgan fingerprint density at radius 3 is 2.10 bits per heavy atom. The fraction of sp³-hybridized carbons (Fsp3) is 0.364. The third-order valence-electron chi connectivity index (χ3n) is 7.64. The summed E-state index contributed by atoms with van der Waals surface area (Å²) in [5.74, 6) is 0.353. The second-order valence-corrected chi connectivity index (χ2v) is 10.9. The van der Waals surface area contributed by atoms with Gasteiger partial charge in [-0.25, -0.2) is 0 Å². The summed E-state index contributed by atoms with van der Waals surface area (Å²) in [6, 6.07) is 10.9. The van der Waals surface area contributed by atoms with Crippen LogP contribution in [0.2, 0.25) is 0 Å². The van der Waals surface area contributed by atoms with Crippen molar-refractivity contribution in [3.05, 3.63) is 58.8 Å². The van der Waals surface area contributed by atoms with Crippen LogP contribution >= 0.6 is 0 Å². The highest BCUT2D eigenvalue weighted by atomic mass is 16.7. The van der Waals surface area contributed by atoms with Gasteiger partial charge in [0.05, 0.1) is 27.9 Å². The van der Waals surface area contributed by atoms with Gasteiger partial charge in [-0.15, -0.1) is 0 Å². The Hall–Kier alpha value is -4.97. The maximum Gasteiger partial charge on any atom is 0.229 e. The molecular formula is C33H36O16. The smallest absolute Gasteiger partial charge is 0.229 e. The molecule has 4 aromatic rings. The maximum absolute atomic E-state index is 13.1. The number of methoxy groups -OCH3 is 3. The first-order valence-corrected chi connectivity index (χ1v) is 14.8. The molecule has 1 unspecified atom stereocenters. The van der Waals surface area contributed by atoms with Crippen molar-refractivity contribution in [1.29, 1.82) is 0 Å². The van der Waals surface area contributed by atoms with E-state index in [1.165, 1.54) is 57.7 Å². The van der Waals surface area contributed by atoms with Gasteiger partial charge in [0, 0.05) is 29.8 Å². The van der Waals surface area contributed by atoms with Gasteiger partial charge in [-0.3, -0.25) is 4.79 Å². The van der Waals surface area contributed by atoms with Crippen LogP contribution in [0.5, 0.6) is 46.0 Å². The van der Waals surface area contributed by atoms with Gasteiger partial charge < -0.3 is 73.3 Å². The van der Waals surface area contributed by atoms with E-state index in [2.05, 4.69) is 0 Å². The van der Waals surface area contributed by atoms with E-state index in [9.17, 15) is 40.5 Å². The number of hydrogen-bond donors (Lipinski definition) is 7. The van der Waals surface area contributed by atoms with Crippen LogP contribution in [0.1, 0.15) is 0 Å². The van der Waals surface area contributed by atoms with Crippen LogP contribution in [-0.2, 0) is 4.74 Å². The fourth-order valence-electron chi connectivity index (χ4n) is 5.08. The minimum atomic E-state index is -1.72. The monoisotopic (exact) mass is 688 g/mol. The zero-order valence-electron chi connectivity index (χ0n) is 26.5. The summed E-state index contributed by atoms with van der Waals surface area (Å²) in [6.45, 7) is -1.06. The molecule has 0 spiro atoms. The van der Waals surface area contributed by atoms with Gasteiger partial charge in [-0.1, -0.05) is 0 Å². The number of phenolic OH excluding ortho intramolecular Hbond substituents is 2. The van der Waals surface area contributed by atoms with Crippen molar-refractivity contribution in [3.63, 3.8) is 0 Å². The number of hydrogen-bond acceptors (Lipinski definition) is 16. The number of fused-ring (bicyclic) bond motifs is 1. The molecule has 49 heavy (non-hydrogen) atoms. The van der Waals surface area contributed by atoms with Gasteiger partial charge >= 0.3 is 0 Å². The molecule has 0 aliphatic carbocycles. The van der Waals surface area contributed by atoms with Gasteiger partial charge in [0.25, 0.3) is 0 Å². The summed E-state index contributed by atoms with van der Waals surface area (Å²) in [4.78, 5) is 13.1. The van der Waals surface area contributed by atoms with Crippen LogP contribution in [0.4, 0.5) is 0 Å². The van der Waals surface area contributed by atoms with Gasteiger partial charge in [0.1, 0.15) is 77.7 Å². The van der Waals surface area contributed by atoms with E-state index < -0.39 is 54.6 Å². The molecule has 1 aromatic heterocycles. The molecule has 5 rings (SSSR count). The molecule has 1 aliphatic heterocycles. The predicted molar refractivity (Wildman–Crippen MR) is 169 cm³/mol. The Morgan fingerprint density at radius 1 is 0.776 bits per heavy atom. The summed E-state index contributed by atoms with van der Waals surface area (Å²) < 4.78 is 44.4. The number of ether oxygens (including phenoxy) is 7. The third kappa shape index (κ3) is 7.54. The molecule has 0 amide bonds. The lowest BCUT2D eigenvalue weighted by Crippen LogP contribution is -2.60. The summed E-state index contributed by atoms with van der Waals surface area (Å²) in [5, 5.41) is 70.7. The first-order valence-electron chi connectivity index (χ1n) is 14.8. The number of aromatic hydroxyl groups is 2. The lowest BCUT2D eigenvalue weighted by atomic mass is 9.99. The van der Waals surface area contributed by atoms with Gasteiger partial charge in [-0.05, 0) is 24.3 Å². The Labute approximate surface area is 278 Å². The van der Waals surface area contributed by atoms with Crippen LogP contribution in [-0.4, -0.2) is 114 Å². The first-order chi connectivity index (χ1) is 23.5. The van der Waals surface area contributed by atoms with E-state index in [1.54, 1.807) is 0 Å². The number of benzene rings is 3. The lowest BCUT2D eigenvalue weighted by molar-refractivity contribution is -0.277. The van der Waals surface area contributed by atoms with E-state index in [4.69, 9.17) is 37.6 Å². The average Bonchev–Trinajstić information content (AvgIpc) is 3.09. The second-order valence-electron chi connectivity index (χ2n) is 10.9. The maximum atomic E-state index is 13.1. The zero-order valence-corrected chi connectivity index (χ0v) is 26.5. The van der Waals surface area contributed by atoms with E-state index in [-0.39, 0.29) is 64.4 Å².